The van der Waals surface area contributed by atoms with E-state index in [1.807, 2.05) is 48.5 Å². The maximum absolute atomic E-state index is 13.2. The zero-order valence-electron chi connectivity index (χ0n) is 16.0. The molecule has 0 saturated heterocycles. The van der Waals surface area contributed by atoms with Crippen molar-refractivity contribution in [3.63, 3.8) is 0 Å². The van der Waals surface area contributed by atoms with Crippen LogP contribution in [0.15, 0.2) is 75.9 Å². The summed E-state index contributed by atoms with van der Waals surface area (Å²) in [5.41, 5.74) is 8.54. The van der Waals surface area contributed by atoms with Crippen LogP contribution in [0.5, 0.6) is 0 Å². The van der Waals surface area contributed by atoms with Gasteiger partial charge in [0.15, 0.2) is 5.17 Å². The van der Waals surface area contributed by atoms with Crippen molar-refractivity contribution in [1.29, 1.82) is 5.26 Å². The number of ether oxygens (including phenoxy) is 1. The maximum Gasteiger partial charge on any atom is 0.338 e. The Morgan fingerprint density at radius 3 is 2.63 bits per heavy atom. The van der Waals surface area contributed by atoms with Gasteiger partial charge in [-0.25, -0.2) is 9.79 Å². The number of halogens is 1. The Labute approximate surface area is 183 Å². The number of nitrogens with two attached hydrogens (primary N) is 1. The summed E-state index contributed by atoms with van der Waals surface area (Å²) in [5.74, 6) is -0.271. The summed E-state index contributed by atoms with van der Waals surface area (Å²) < 4.78 is 5.40. The first-order chi connectivity index (χ1) is 14.6. The van der Waals surface area contributed by atoms with Gasteiger partial charge >= 0.3 is 5.97 Å². The molecule has 8 heteroatoms. The van der Waals surface area contributed by atoms with Crippen molar-refractivity contribution >= 4 is 40.2 Å². The Balaban J connectivity index is 2.03. The van der Waals surface area contributed by atoms with Gasteiger partial charge in [-0.05, 0) is 30.3 Å². The SMILES string of the molecule is CCOC(=O)C1=C(c2ccccc2)N=C2SC(C#N)=C(N)N2[C@H]1c1ccccc1Cl. The monoisotopic (exact) mass is 436 g/mol. The minimum Gasteiger partial charge on any atom is -0.463 e. The summed E-state index contributed by atoms with van der Waals surface area (Å²) in [4.78, 5) is 19.9. The number of fused-ring (bicyclic) bond motifs is 1. The number of nitriles is 1. The Morgan fingerprint density at radius 1 is 1.27 bits per heavy atom. The Kier molecular flexibility index (Phi) is 5.53. The molecule has 0 fully saturated rings. The van der Waals surface area contributed by atoms with E-state index in [1.165, 1.54) is 11.8 Å². The van der Waals surface area contributed by atoms with Gasteiger partial charge in [0, 0.05) is 10.6 Å². The van der Waals surface area contributed by atoms with Crippen molar-refractivity contribution in [2.24, 2.45) is 10.7 Å². The van der Waals surface area contributed by atoms with E-state index < -0.39 is 12.0 Å². The number of allylic oxidation sites excluding steroid dienone is 1. The first kappa shape index (κ1) is 20.1. The minimum atomic E-state index is -0.682. The smallest absolute Gasteiger partial charge is 0.338 e. The number of rotatable bonds is 4. The second-order valence-electron chi connectivity index (χ2n) is 6.47. The van der Waals surface area contributed by atoms with Gasteiger partial charge in [0.2, 0.25) is 0 Å². The van der Waals surface area contributed by atoms with Crippen LogP contribution in [0.3, 0.4) is 0 Å². The molecule has 2 aliphatic rings. The number of esters is 1. The van der Waals surface area contributed by atoms with E-state index in [-0.39, 0.29) is 12.4 Å². The van der Waals surface area contributed by atoms with Crippen LogP contribution in [0, 0.1) is 11.3 Å². The third-order valence-electron chi connectivity index (χ3n) is 4.73. The van der Waals surface area contributed by atoms with Crippen LogP contribution in [-0.4, -0.2) is 22.6 Å². The molecule has 0 aromatic heterocycles. The average Bonchev–Trinajstić information content (AvgIpc) is 3.09. The van der Waals surface area contributed by atoms with Gasteiger partial charge in [0.25, 0.3) is 0 Å². The molecule has 30 heavy (non-hydrogen) atoms. The van der Waals surface area contributed by atoms with Gasteiger partial charge < -0.3 is 10.5 Å². The predicted molar refractivity (Wildman–Crippen MR) is 118 cm³/mol. The van der Waals surface area contributed by atoms with Crippen molar-refractivity contribution < 1.29 is 9.53 Å². The minimum absolute atomic E-state index is 0.208. The van der Waals surface area contributed by atoms with E-state index in [9.17, 15) is 10.1 Å². The lowest BCUT2D eigenvalue weighted by molar-refractivity contribution is -0.139. The Hall–Kier alpha value is -3.21. The van der Waals surface area contributed by atoms with Gasteiger partial charge in [-0.15, -0.1) is 0 Å². The molecular formula is C22H17ClN4O2S. The summed E-state index contributed by atoms with van der Waals surface area (Å²) in [6.07, 6.45) is 0. The molecule has 0 bridgehead atoms. The number of carbonyl (C=O) groups excluding carboxylic acids is 1. The van der Waals surface area contributed by atoms with Crippen molar-refractivity contribution in [1.82, 2.24) is 4.90 Å². The first-order valence-corrected chi connectivity index (χ1v) is 10.4. The van der Waals surface area contributed by atoms with Crippen LogP contribution in [0.1, 0.15) is 24.1 Å². The number of hydrogen-bond acceptors (Lipinski definition) is 7. The van der Waals surface area contributed by atoms with Gasteiger partial charge in [0.05, 0.1) is 23.9 Å². The van der Waals surface area contributed by atoms with E-state index in [0.717, 1.165) is 5.56 Å². The van der Waals surface area contributed by atoms with Crippen molar-refractivity contribution in [2.75, 3.05) is 6.61 Å². The lowest BCUT2D eigenvalue weighted by atomic mass is 9.92. The predicted octanol–water partition coefficient (Wildman–Crippen LogP) is 4.43. The molecule has 0 radical (unpaired) electrons. The molecule has 4 rings (SSSR count). The fraction of sp³-hybridized carbons (Fsp3) is 0.136. The number of aliphatic imine (C=N–C) groups is 1. The lowest BCUT2D eigenvalue weighted by Gasteiger charge is -2.35. The fourth-order valence-electron chi connectivity index (χ4n) is 3.45. The van der Waals surface area contributed by atoms with E-state index in [0.29, 0.717) is 31.9 Å². The summed E-state index contributed by atoms with van der Waals surface area (Å²) in [5, 5.41) is 10.5. The quantitative estimate of drug-likeness (QED) is 0.713. The number of carbonyl (C=O) groups is 1. The van der Waals surface area contributed by atoms with E-state index in [4.69, 9.17) is 27.1 Å². The molecule has 0 spiro atoms. The number of amidine groups is 1. The first-order valence-electron chi connectivity index (χ1n) is 9.23. The highest BCUT2D eigenvalue weighted by Crippen LogP contribution is 2.48. The molecule has 0 saturated carbocycles. The molecule has 2 aliphatic heterocycles. The third-order valence-corrected chi connectivity index (χ3v) is 6.05. The summed E-state index contributed by atoms with van der Waals surface area (Å²) in [6, 6.07) is 18.0. The Morgan fingerprint density at radius 2 is 1.97 bits per heavy atom. The maximum atomic E-state index is 13.2. The van der Waals surface area contributed by atoms with Crippen LogP contribution < -0.4 is 5.73 Å². The molecule has 2 N–H and O–H groups in total. The summed E-state index contributed by atoms with van der Waals surface area (Å²) in [7, 11) is 0. The van der Waals surface area contributed by atoms with Crippen molar-refractivity contribution in [3.05, 3.63) is 87.0 Å². The topological polar surface area (TPSA) is 91.7 Å². The number of nitrogens with zero attached hydrogens (tertiary/aromatic N) is 3. The molecule has 0 amide bonds. The molecule has 6 nitrogen and oxygen atoms in total. The van der Waals surface area contributed by atoms with Crippen LogP contribution >= 0.6 is 23.4 Å². The van der Waals surface area contributed by atoms with E-state index >= 15 is 0 Å². The lowest BCUT2D eigenvalue weighted by Crippen LogP contribution is -2.39. The molecule has 2 aromatic rings. The van der Waals surface area contributed by atoms with Gasteiger partial charge in [0.1, 0.15) is 16.8 Å². The molecule has 2 heterocycles. The highest BCUT2D eigenvalue weighted by Gasteiger charge is 2.44. The molecule has 0 aliphatic carbocycles. The summed E-state index contributed by atoms with van der Waals surface area (Å²) in [6.45, 7) is 1.95. The number of benzene rings is 2. The summed E-state index contributed by atoms with van der Waals surface area (Å²) >= 11 is 7.71. The average molecular weight is 437 g/mol. The molecule has 2 aromatic carbocycles. The standard InChI is InChI=1S/C22H17ClN4O2S/c1-2-29-21(28)17-18(13-8-4-3-5-9-13)26-22-27(20(25)16(12-24)30-22)19(17)14-10-6-7-11-15(14)23/h3-11,19H,2,25H2,1H3/t19-/m0/s1. The van der Waals surface area contributed by atoms with Crippen molar-refractivity contribution in [2.45, 2.75) is 13.0 Å². The van der Waals surface area contributed by atoms with Gasteiger partial charge in [-0.2, -0.15) is 5.26 Å². The van der Waals surface area contributed by atoms with Gasteiger partial charge in [-0.3, -0.25) is 4.90 Å². The van der Waals surface area contributed by atoms with Crippen LogP contribution in [0.2, 0.25) is 5.02 Å². The van der Waals surface area contributed by atoms with E-state index in [2.05, 4.69) is 6.07 Å². The molecule has 1 atom stereocenters. The van der Waals surface area contributed by atoms with Crippen LogP contribution in [0.4, 0.5) is 0 Å². The second kappa shape index (κ2) is 8.27. The fourth-order valence-corrected chi connectivity index (χ4v) is 4.56. The molecule has 0 unspecified atom stereocenters. The molecule has 150 valence electrons. The van der Waals surface area contributed by atoms with Gasteiger partial charge in [-0.1, -0.05) is 60.1 Å². The largest absolute Gasteiger partial charge is 0.463 e. The zero-order valence-corrected chi connectivity index (χ0v) is 17.6. The van der Waals surface area contributed by atoms with Crippen molar-refractivity contribution in [3.8, 4) is 6.07 Å². The third kappa shape index (κ3) is 3.34. The highest BCUT2D eigenvalue weighted by molar-refractivity contribution is 8.17. The second-order valence-corrected chi connectivity index (χ2v) is 7.85. The number of thioether (sulfide) groups is 1. The van der Waals surface area contributed by atoms with E-state index in [1.54, 1.807) is 17.9 Å². The number of hydrogen-bond donors (Lipinski definition) is 1. The van der Waals surface area contributed by atoms with Crippen LogP contribution in [-0.2, 0) is 9.53 Å². The Bertz CT molecular complexity index is 1150. The molecular weight excluding hydrogens is 420 g/mol. The highest BCUT2D eigenvalue weighted by atomic mass is 35.5. The zero-order chi connectivity index (χ0) is 21.3. The normalized spacial score (nSPS) is 18.1. The van der Waals surface area contributed by atoms with Crippen LogP contribution in [0.25, 0.3) is 5.70 Å².